The third-order valence-electron chi connectivity index (χ3n) is 9.54. The van der Waals surface area contributed by atoms with E-state index in [0.29, 0.717) is 25.0 Å². The first-order valence-electron chi connectivity index (χ1n) is 15.6. The molecule has 2 heterocycles. The summed E-state index contributed by atoms with van der Waals surface area (Å²) in [5, 5.41) is 10.1. The minimum absolute atomic E-state index is 0.0315. The second-order valence-electron chi connectivity index (χ2n) is 12.9. The number of rotatable bonds is 7. The Morgan fingerprint density at radius 1 is 1.11 bits per heavy atom. The number of hydrogen-bond donors (Lipinski definition) is 0. The lowest BCUT2D eigenvalue weighted by molar-refractivity contribution is -0.151. The number of aryl methyl sites for hydroxylation is 3. The van der Waals surface area contributed by atoms with Gasteiger partial charge in [-0.05, 0) is 74.1 Å². The largest absolute Gasteiger partial charge is 0.488 e. The molecule has 0 radical (unpaired) electrons. The molecule has 8 heteroatoms. The van der Waals surface area contributed by atoms with Crippen LogP contribution in [-0.2, 0) is 29.7 Å². The Balaban J connectivity index is 1.42. The van der Waals surface area contributed by atoms with Gasteiger partial charge in [0, 0.05) is 48.9 Å². The van der Waals surface area contributed by atoms with E-state index in [0.717, 1.165) is 62.0 Å². The average molecular weight is 609 g/mol. The highest BCUT2D eigenvalue weighted by Gasteiger charge is 2.41. The van der Waals surface area contributed by atoms with Crippen molar-refractivity contribution in [2.24, 2.45) is 12.5 Å². The molecule has 0 aliphatic carbocycles. The molecule has 1 aliphatic heterocycles. The number of nitrogens with zero attached hydrogens (tertiary/aromatic N) is 4. The Bertz CT molecular complexity index is 1910. The molecule has 6 rings (SSSR count). The summed E-state index contributed by atoms with van der Waals surface area (Å²) in [4.78, 5) is 15.7. The van der Waals surface area contributed by atoms with Crippen molar-refractivity contribution in [1.82, 2.24) is 19.9 Å². The molecular formula is C37H41FN4O3. The minimum Gasteiger partial charge on any atom is -0.488 e. The Morgan fingerprint density at radius 2 is 1.87 bits per heavy atom. The molecule has 0 spiro atoms. The van der Waals surface area contributed by atoms with E-state index < -0.39 is 5.41 Å². The Kier molecular flexibility index (Phi) is 8.12. The molecule has 0 fully saturated rings. The fraction of sp³-hybridized carbons (Fsp3) is 0.378. The summed E-state index contributed by atoms with van der Waals surface area (Å²) in [6.45, 7) is 12.1. The number of benzene rings is 4. The molecule has 0 N–H and O–H groups in total. The van der Waals surface area contributed by atoms with Crippen molar-refractivity contribution in [2.75, 3.05) is 13.7 Å². The molecule has 0 bridgehead atoms. The first kappa shape index (κ1) is 30.7. The van der Waals surface area contributed by atoms with Gasteiger partial charge in [0.2, 0.25) is 0 Å². The van der Waals surface area contributed by atoms with Crippen LogP contribution in [0.2, 0.25) is 0 Å². The zero-order valence-corrected chi connectivity index (χ0v) is 27.1. The molecule has 45 heavy (non-hydrogen) atoms. The predicted octanol–water partition coefficient (Wildman–Crippen LogP) is 7.38. The molecule has 2 atom stereocenters. The SMILES string of the molecule is CC[C@@H]1CN(Cc2cc(C(c3ccc4c(nnn4C)c3C)C(C)(C)C(=O)OC)ccc2C)Cc2cc(F)c3ccccc3c2O1. The van der Waals surface area contributed by atoms with Gasteiger partial charge >= 0.3 is 5.97 Å². The first-order valence-corrected chi connectivity index (χ1v) is 15.6. The third kappa shape index (κ3) is 5.46. The van der Waals surface area contributed by atoms with Gasteiger partial charge in [-0.2, -0.15) is 0 Å². The van der Waals surface area contributed by atoms with Crippen molar-refractivity contribution in [2.45, 2.75) is 66.2 Å². The molecule has 5 aromatic rings. The molecule has 1 aliphatic rings. The molecule has 0 amide bonds. The fourth-order valence-electron chi connectivity index (χ4n) is 6.96. The molecule has 0 saturated heterocycles. The molecule has 1 aromatic heterocycles. The van der Waals surface area contributed by atoms with Gasteiger partial charge in [0.1, 0.15) is 23.2 Å². The van der Waals surface area contributed by atoms with E-state index in [9.17, 15) is 4.79 Å². The van der Waals surface area contributed by atoms with Gasteiger partial charge in [-0.3, -0.25) is 9.69 Å². The Morgan fingerprint density at radius 3 is 2.60 bits per heavy atom. The monoisotopic (exact) mass is 608 g/mol. The van der Waals surface area contributed by atoms with Crippen LogP contribution in [0.5, 0.6) is 5.75 Å². The van der Waals surface area contributed by atoms with E-state index >= 15 is 4.39 Å². The predicted molar refractivity (Wildman–Crippen MR) is 175 cm³/mol. The summed E-state index contributed by atoms with van der Waals surface area (Å²) >= 11 is 0. The number of ether oxygens (including phenoxy) is 2. The van der Waals surface area contributed by atoms with E-state index in [1.807, 2.05) is 58.2 Å². The fourth-order valence-corrected chi connectivity index (χ4v) is 6.96. The summed E-state index contributed by atoms with van der Waals surface area (Å²) in [5.74, 6) is -0.0340. The van der Waals surface area contributed by atoms with Gasteiger partial charge in [0.25, 0.3) is 0 Å². The second kappa shape index (κ2) is 11.9. The number of aromatic nitrogens is 3. The number of methoxy groups -OCH3 is 1. The van der Waals surface area contributed by atoms with Crippen LogP contribution in [0.3, 0.4) is 0 Å². The van der Waals surface area contributed by atoms with E-state index in [1.54, 1.807) is 10.7 Å². The normalized spacial score (nSPS) is 16.3. The highest BCUT2D eigenvalue weighted by atomic mass is 19.1. The summed E-state index contributed by atoms with van der Waals surface area (Å²) in [5.41, 5.74) is 7.07. The van der Waals surface area contributed by atoms with E-state index in [2.05, 4.69) is 53.3 Å². The van der Waals surface area contributed by atoms with Crippen LogP contribution in [-0.4, -0.2) is 45.6 Å². The van der Waals surface area contributed by atoms with Crippen molar-refractivity contribution in [3.8, 4) is 5.75 Å². The maximum atomic E-state index is 15.2. The van der Waals surface area contributed by atoms with Crippen molar-refractivity contribution < 1.29 is 18.7 Å². The van der Waals surface area contributed by atoms with Crippen LogP contribution in [0.25, 0.3) is 21.8 Å². The smallest absolute Gasteiger partial charge is 0.312 e. The number of carbonyl (C=O) groups is 1. The van der Waals surface area contributed by atoms with Crippen LogP contribution >= 0.6 is 0 Å². The number of fused-ring (bicyclic) bond motifs is 4. The molecule has 234 valence electrons. The highest BCUT2D eigenvalue weighted by molar-refractivity contribution is 5.90. The first-order chi connectivity index (χ1) is 21.5. The van der Waals surface area contributed by atoms with Gasteiger partial charge in [-0.1, -0.05) is 60.7 Å². The molecule has 1 unspecified atom stereocenters. The summed E-state index contributed by atoms with van der Waals surface area (Å²) < 4.78 is 28.9. The van der Waals surface area contributed by atoms with Crippen LogP contribution in [0.4, 0.5) is 4.39 Å². The van der Waals surface area contributed by atoms with Gasteiger partial charge in [-0.25, -0.2) is 9.07 Å². The molecular weight excluding hydrogens is 567 g/mol. The Hall–Kier alpha value is -4.30. The number of hydrogen-bond acceptors (Lipinski definition) is 6. The van der Waals surface area contributed by atoms with Crippen molar-refractivity contribution in [3.05, 3.63) is 99.9 Å². The van der Waals surface area contributed by atoms with Gasteiger partial charge in [-0.15, -0.1) is 5.10 Å². The van der Waals surface area contributed by atoms with Crippen molar-refractivity contribution in [1.29, 1.82) is 0 Å². The lowest BCUT2D eigenvalue weighted by atomic mass is 9.69. The zero-order chi connectivity index (χ0) is 32.0. The highest BCUT2D eigenvalue weighted by Crippen LogP contribution is 2.45. The Labute approximate surface area is 263 Å². The third-order valence-corrected chi connectivity index (χ3v) is 9.54. The molecule has 4 aromatic carbocycles. The number of carbonyl (C=O) groups excluding carboxylic acids is 1. The lowest BCUT2D eigenvalue weighted by Crippen LogP contribution is -2.34. The summed E-state index contributed by atoms with van der Waals surface area (Å²) in [6.07, 6.45) is 0.802. The average Bonchev–Trinajstić information content (AvgIpc) is 3.31. The minimum atomic E-state index is -0.872. The van der Waals surface area contributed by atoms with Crippen LogP contribution in [0, 0.1) is 25.1 Å². The zero-order valence-electron chi connectivity index (χ0n) is 27.1. The van der Waals surface area contributed by atoms with E-state index in [4.69, 9.17) is 9.47 Å². The summed E-state index contributed by atoms with van der Waals surface area (Å²) in [7, 11) is 3.32. The second-order valence-corrected chi connectivity index (χ2v) is 12.9. The standard InChI is InChI=1S/C37H41FN4O3/c1-8-27-21-42(20-26-18-31(38)29-11-9-10-12-30(29)35(26)45-27)19-25-17-24(14-13-22(25)2)33(37(4,5)36(43)44-7)28-15-16-32-34(23(28)3)39-40-41(32)6/h9-18,27,33H,8,19-21H2,1-7H3/t27-,33?/m1/s1. The van der Waals surface area contributed by atoms with E-state index in [1.165, 1.54) is 7.11 Å². The van der Waals surface area contributed by atoms with Crippen LogP contribution < -0.4 is 4.74 Å². The topological polar surface area (TPSA) is 69.5 Å². The molecule has 0 saturated carbocycles. The van der Waals surface area contributed by atoms with Crippen molar-refractivity contribution in [3.63, 3.8) is 0 Å². The number of halogens is 1. The summed E-state index contributed by atoms with van der Waals surface area (Å²) in [6, 6.07) is 19.7. The van der Waals surface area contributed by atoms with Crippen molar-refractivity contribution >= 4 is 27.8 Å². The lowest BCUT2D eigenvalue weighted by Gasteiger charge is -2.34. The maximum Gasteiger partial charge on any atom is 0.312 e. The van der Waals surface area contributed by atoms with E-state index in [-0.39, 0.29) is 23.8 Å². The van der Waals surface area contributed by atoms with Crippen LogP contribution in [0.1, 0.15) is 66.5 Å². The maximum absolute atomic E-state index is 15.2. The molecule has 7 nitrogen and oxygen atoms in total. The van der Waals surface area contributed by atoms with Gasteiger partial charge in [0.15, 0.2) is 0 Å². The number of esters is 1. The van der Waals surface area contributed by atoms with Crippen LogP contribution in [0.15, 0.2) is 60.7 Å². The van der Waals surface area contributed by atoms with Gasteiger partial charge < -0.3 is 9.47 Å². The quantitative estimate of drug-likeness (QED) is 0.180. The van der Waals surface area contributed by atoms with Gasteiger partial charge in [0.05, 0.1) is 18.0 Å².